The topological polar surface area (TPSA) is 9.23 Å². The summed E-state index contributed by atoms with van der Waals surface area (Å²) in [5, 5.41) is 0. The van der Waals surface area contributed by atoms with Crippen molar-refractivity contribution in [3.8, 4) is 0 Å². The Morgan fingerprint density at radius 3 is 2.00 bits per heavy atom. The highest BCUT2D eigenvalue weighted by Crippen LogP contribution is 2.17. The van der Waals surface area contributed by atoms with Crippen LogP contribution in [-0.4, -0.2) is 56.7 Å². The Kier molecular flexibility index (Phi) is 13.7. The molecule has 7 heteroatoms. The molecular formula is C15H40OSi6. The van der Waals surface area contributed by atoms with E-state index in [2.05, 4.69) is 26.0 Å². The van der Waals surface area contributed by atoms with Gasteiger partial charge >= 0.3 is 0 Å². The van der Waals surface area contributed by atoms with E-state index in [0.29, 0.717) is 42.8 Å². The molecule has 0 radical (unpaired) electrons. The van der Waals surface area contributed by atoms with E-state index in [4.69, 9.17) is 4.43 Å². The zero-order valence-electron chi connectivity index (χ0n) is 15.4. The Labute approximate surface area is 150 Å². The molecule has 22 heavy (non-hydrogen) atoms. The SMILES string of the molecule is CC=CCO[Si]1(CCCCCCCCCCC)[SiH2][SiH2][SiH2][SiH2][SiH2]1. The van der Waals surface area contributed by atoms with Gasteiger partial charge in [-0.15, -0.1) is 0 Å². The van der Waals surface area contributed by atoms with Crippen molar-refractivity contribution in [2.75, 3.05) is 6.61 Å². The quantitative estimate of drug-likeness (QED) is 0.248. The molecule has 130 valence electrons. The first-order valence-electron chi connectivity index (χ1n) is 10.1. The van der Waals surface area contributed by atoms with Crippen LogP contribution in [0, 0.1) is 0 Å². The average molecular weight is 405 g/mol. The zero-order valence-corrected chi connectivity index (χ0v) is 23.4. The first kappa shape index (κ1) is 21.0. The zero-order chi connectivity index (χ0) is 15.9. The monoisotopic (exact) mass is 404 g/mol. The maximum absolute atomic E-state index is 6.65. The molecule has 0 bridgehead atoms. The Morgan fingerprint density at radius 2 is 1.41 bits per heavy atom. The largest absolute Gasteiger partial charge is 0.421 e. The van der Waals surface area contributed by atoms with Gasteiger partial charge in [0.05, 0.1) is 6.61 Å². The van der Waals surface area contributed by atoms with Crippen LogP contribution in [0.2, 0.25) is 6.04 Å². The van der Waals surface area contributed by atoms with Crippen molar-refractivity contribution in [3.05, 3.63) is 12.2 Å². The van der Waals surface area contributed by atoms with Crippen LogP contribution in [-0.2, 0) is 4.43 Å². The van der Waals surface area contributed by atoms with Crippen molar-refractivity contribution in [1.29, 1.82) is 0 Å². The summed E-state index contributed by atoms with van der Waals surface area (Å²) in [5.74, 6) is 0. The van der Waals surface area contributed by atoms with Crippen LogP contribution in [0.25, 0.3) is 0 Å². The second-order valence-electron chi connectivity index (χ2n) is 7.20. The van der Waals surface area contributed by atoms with Gasteiger partial charge in [-0.25, -0.2) is 0 Å². The van der Waals surface area contributed by atoms with E-state index in [0.717, 1.165) is 6.61 Å². The summed E-state index contributed by atoms with van der Waals surface area (Å²) in [5.41, 5.74) is 0. The van der Waals surface area contributed by atoms with E-state index in [1.165, 1.54) is 51.4 Å². The molecule has 0 saturated carbocycles. The molecule has 0 aromatic carbocycles. The van der Waals surface area contributed by atoms with Gasteiger partial charge in [-0.05, 0) is 38.6 Å². The maximum Gasteiger partial charge on any atom is 0.148 e. The molecule has 1 nitrogen and oxygen atoms in total. The van der Waals surface area contributed by atoms with Crippen LogP contribution < -0.4 is 0 Å². The molecule has 1 aliphatic rings. The van der Waals surface area contributed by atoms with Crippen LogP contribution >= 0.6 is 0 Å². The Balaban J connectivity index is 2.10. The minimum absolute atomic E-state index is 0.414. The third kappa shape index (κ3) is 9.99. The fraction of sp³-hybridized carbons (Fsp3) is 0.867. The third-order valence-corrected chi connectivity index (χ3v) is 122. The average Bonchev–Trinajstić information content (AvgIpc) is 2.55. The van der Waals surface area contributed by atoms with Gasteiger partial charge in [-0.1, -0.05) is 76.9 Å². The number of unbranched alkanes of at least 4 members (excludes halogenated alkanes) is 8. The Hall–Kier alpha value is 1.00. The summed E-state index contributed by atoms with van der Waals surface area (Å²) in [4.78, 5) is 0. The lowest BCUT2D eigenvalue weighted by Crippen LogP contribution is -2.62. The summed E-state index contributed by atoms with van der Waals surface area (Å²) in [6.07, 6.45) is 17.9. The molecule has 0 aromatic heterocycles. The van der Waals surface area contributed by atoms with Crippen molar-refractivity contribution in [2.45, 2.75) is 77.7 Å². The van der Waals surface area contributed by atoms with E-state index in [-0.39, 0.29) is 0 Å². The first-order chi connectivity index (χ1) is 10.8. The van der Waals surface area contributed by atoms with Crippen molar-refractivity contribution in [3.63, 3.8) is 0 Å². The van der Waals surface area contributed by atoms with E-state index in [1.807, 2.05) is 0 Å². The van der Waals surface area contributed by atoms with E-state index in [9.17, 15) is 0 Å². The van der Waals surface area contributed by atoms with Crippen LogP contribution in [0.4, 0.5) is 0 Å². The molecule has 0 aliphatic carbocycles. The van der Waals surface area contributed by atoms with Crippen molar-refractivity contribution in [2.24, 2.45) is 0 Å². The van der Waals surface area contributed by atoms with Gasteiger partial charge in [0.25, 0.3) is 0 Å². The van der Waals surface area contributed by atoms with E-state index < -0.39 is 7.35 Å². The predicted octanol–water partition coefficient (Wildman–Crippen LogP) is 0.566. The molecule has 0 atom stereocenters. The Bertz CT molecular complexity index is 281. The minimum atomic E-state index is -0.921. The molecule has 1 heterocycles. The fourth-order valence-corrected chi connectivity index (χ4v) is 243. The summed E-state index contributed by atoms with van der Waals surface area (Å²) < 4.78 is 6.65. The molecule has 1 rings (SSSR count). The summed E-state index contributed by atoms with van der Waals surface area (Å²) >= 11 is 0. The third-order valence-electron chi connectivity index (χ3n) is 5.22. The molecule has 0 spiro atoms. The lowest BCUT2D eigenvalue weighted by molar-refractivity contribution is 0.369. The van der Waals surface area contributed by atoms with Crippen molar-refractivity contribution < 1.29 is 4.43 Å². The normalized spacial score (nSPS) is 27.9. The number of rotatable bonds is 13. The molecule has 1 aliphatic heterocycles. The predicted molar refractivity (Wildman–Crippen MR) is 121 cm³/mol. The smallest absolute Gasteiger partial charge is 0.148 e. The number of hydrogen-bond donors (Lipinski definition) is 0. The van der Waals surface area contributed by atoms with Crippen LogP contribution in [0.3, 0.4) is 0 Å². The van der Waals surface area contributed by atoms with Gasteiger partial charge in [-0.3, -0.25) is 0 Å². The maximum atomic E-state index is 6.65. The van der Waals surface area contributed by atoms with Gasteiger partial charge in [0.1, 0.15) is 7.35 Å². The molecule has 0 aromatic rings. The molecule has 0 N–H and O–H groups in total. The second-order valence-corrected chi connectivity index (χ2v) is 61.7. The van der Waals surface area contributed by atoms with E-state index >= 15 is 0 Å². The fourth-order valence-electron chi connectivity index (χ4n) is 3.74. The highest BCUT2D eigenvalue weighted by atomic mass is 30.1. The lowest BCUT2D eigenvalue weighted by atomic mass is 10.1. The van der Waals surface area contributed by atoms with E-state index in [1.54, 1.807) is 12.5 Å². The standard InChI is InChI=1S/C15H40OSi6/c1-3-5-7-8-9-10-11-12-13-15-22(16-14-6-4-2)20-18-17-19-21-22/h4,6H,3,5,7-15,17-21H2,1-2H3. The van der Waals surface area contributed by atoms with Crippen LogP contribution in [0.15, 0.2) is 12.2 Å². The van der Waals surface area contributed by atoms with Gasteiger partial charge in [0.15, 0.2) is 0 Å². The van der Waals surface area contributed by atoms with Gasteiger partial charge < -0.3 is 4.43 Å². The summed E-state index contributed by atoms with van der Waals surface area (Å²) in [7, 11) is 1.81. The Morgan fingerprint density at radius 1 is 0.818 bits per heavy atom. The summed E-state index contributed by atoms with van der Waals surface area (Å²) in [6.45, 7) is 5.46. The molecular weight excluding hydrogens is 365 g/mol. The number of hydrogen-bond acceptors (Lipinski definition) is 1. The number of allylic oxidation sites excluding steroid dienone is 1. The highest BCUT2D eigenvalue weighted by molar-refractivity contribution is 7.83. The first-order valence-corrected chi connectivity index (χ1v) is 32.9. The van der Waals surface area contributed by atoms with Crippen LogP contribution in [0.5, 0.6) is 0 Å². The second kappa shape index (κ2) is 14.4. The van der Waals surface area contributed by atoms with Gasteiger partial charge in [0, 0.05) is 17.1 Å². The lowest BCUT2D eigenvalue weighted by Gasteiger charge is -2.34. The molecule has 1 fully saturated rings. The van der Waals surface area contributed by atoms with Gasteiger partial charge in [-0.2, -0.15) is 0 Å². The van der Waals surface area contributed by atoms with Crippen molar-refractivity contribution in [1.82, 2.24) is 0 Å². The van der Waals surface area contributed by atoms with Gasteiger partial charge in [0.2, 0.25) is 0 Å². The summed E-state index contributed by atoms with van der Waals surface area (Å²) in [6, 6.07) is 1.65. The highest BCUT2D eigenvalue weighted by Gasteiger charge is 2.35. The van der Waals surface area contributed by atoms with Crippen molar-refractivity contribution >= 4 is 50.1 Å². The molecule has 0 amide bonds. The molecule has 0 unspecified atom stereocenters. The van der Waals surface area contributed by atoms with Crippen LogP contribution in [0.1, 0.15) is 71.6 Å². The minimum Gasteiger partial charge on any atom is -0.421 e. The molecule has 1 saturated heterocycles.